The van der Waals surface area contributed by atoms with Crippen LogP contribution in [0.15, 0.2) is 132 Å². The van der Waals surface area contributed by atoms with Gasteiger partial charge in [-0.2, -0.15) is 5.10 Å². The van der Waals surface area contributed by atoms with Gasteiger partial charge in [-0.1, -0.05) is 60.1 Å². The lowest BCUT2D eigenvalue weighted by molar-refractivity contribution is 0.0732. The summed E-state index contributed by atoms with van der Waals surface area (Å²) in [7, 11) is 0. The average molecular weight is 605 g/mol. The molecule has 218 valence electrons. The van der Waals surface area contributed by atoms with E-state index in [4.69, 9.17) is 25.8 Å². The van der Waals surface area contributed by atoms with Gasteiger partial charge in [0.05, 0.1) is 17.3 Å². The zero-order valence-corrected chi connectivity index (χ0v) is 23.9. The second-order valence-electron chi connectivity index (χ2n) is 9.35. The second kappa shape index (κ2) is 14.4. The molecule has 5 aromatic carbocycles. The zero-order chi connectivity index (χ0) is 30.7. The smallest absolute Gasteiger partial charge is 0.343 e. The first-order valence-electron chi connectivity index (χ1n) is 13.4. The number of rotatable bonds is 10. The maximum atomic E-state index is 12.8. The number of halogens is 1. The molecule has 0 bridgehead atoms. The minimum atomic E-state index is -0.616. The number of esters is 2. The highest BCUT2D eigenvalue weighted by Crippen LogP contribution is 2.26. The molecule has 0 aliphatic carbocycles. The minimum Gasteiger partial charge on any atom is -0.489 e. The van der Waals surface area contributed by atoms with E-state index in [1.54, 1.807) is 103 Å². The number of carbonyl (C=O) groups is 3. The molecule has 0 saturated carbocycles. The first kappa shape index (κ1) is 29.8. The number of hydrogen-bond acceptors (Lipinski definition) is 7. The van der Waals surface area contributed by atoms with Gasteiger partial charge in [-0.3, -0.25) is 4.79 Å². The second-order valence-corrected chi connectivity index (χ2v) is 9.79. The van der Waals surface area contributed by atoms with E-state index >= 15 is 0 Å². The van der Waals surface area contributed by atoms with Crippen LogP contribution in [0.5, 0.6) is 17.2 Å². The van der Waals surface area contributed by atoms with Crippen LogP contribution in [0.25, 0.3) is 0 Å². The van der Waals surface area contributed by atoms with Gasteiger partial charge in [0, 0.05) is 22.2 Å². The van der Waals surface area contributed by atoms with Crippen LogP contribution in [0.3, 0.4) is 0 Å². The highest BCUT2D eigenvalue weighted by Gasteiger charge is 2.15. The van der Waals surface area contributed by atoms with Crippen LogP contribution in [0.1, 0.15) is 42.2 Å². The SMILES string of the molecule is O=C(N/N=C/c1ccc(OC(=O)c2ccccc2)cc1OC(=O)c1ccccc1)c1ccc(OCc2ccc(Cl)cc2)cc1. The standard InChI is InChI=1S/C35H25ClN2O6/c36-29-16-11-24(12-17-29)23-42-30-18-13-25(14-19-30)33(39)38-37-22-28-15-20-31(43-34(40)26-7-3-1-4-8-26)21-32(28)44-35(41)27-9-5-2-6-10-27/h1-22H,23H2,(H,38,39)/b37-22+. The molecule has 8 nitrogen and oxygen atoms in total. The maximum absolute atomic E-state index is 12.8. The predicted octanol–water partition coefficient (Wildman–Crippen LogP) is 7.12. The van der Waals surface area contributed by atoms with Gasteiger partial charge < -0.3 is 14.2 Å². The summed E-state index contributed by atoms with van der Waals surface area (Å²) in [6.45, 7) is 0.356. The van der Waals surface area contributed by atoms with E-state index in [9.17, 15) is 14.4 Å². The number of ether oxygens (including phenoxy) is 3. The van der Waals surface area contributed by atoms with Crippen LogP contribution >= 0.6 is 11.6 Å². The van der Waals surface area contributed by atoms with Crippen molar-refractivity contribution in [3.8, 4) is 17.2 Å². The molecule has 0 heterocycles. The molecule has 1 amide bonds. The molecule has 0 aromatic heterocycles. The van der Waals surface area contributed by atoms with Gasteiger partial charge in [-0.25, -0.2) is 15.0 Å². The minimum absolute atomic E-state index is 0.0809. The summed E-state index contributed by atoms with van der Waals surface area (Å²) in [4.78, 5) is 38.0. The molecule has 0 aliphatic rings. The highest BCUT2D eigenvalue weighted by molar-refractivity contribution is 6.30. The quantitative estimate of drug-likeness (QED) is 0.0788. The predicted molar refractivity (Wildman–Crippen MR) is 167 cm³/mol. The van der Waals surface area contributed by atoms with Crippen molar-refractivity contribution < 1.29 is 28.6 Å². The summed E-state index contributed by atoms with van der Waals surface area (Å²) in [5, 5.41) is 4.69. The molecular formula is C35H25ClN2O6. The molecule has 1 N–H and O–H groups in total. The fourth-order valence-electron chi connectivity index (χ4n) is 3.92. The Morgan fingerprint density at radius 2 is 1.25 bits per heavy atom. The molecule has 0 spiro atoms. The topological polar surface area (TPSA) is 103 Å². The van der Waals surface area contributed by atoms with Gasteiger partial charge >= 0.3 is 11.9 Å². The maximum Gasteiger partial charge on any atom is 0.343 e. The molecule has 0 fully saturated rings. The van der Waals surface area contributed by atoms with Gasteiger partial charge in [-0.15, -0.1) is 0 Å². The molecule has 5 rings (SSSR count). The Labute approximate surface area is 258 Å². The Morgan fingerprint density at radius 3 is 1.89 bits per heavy atom. The first-order valence-corrected chi connectivity index (χ1v) is 13.8. The molecule has 5 aromatic rings. The first-order chi connectivity index (χ1) is 21.4. The van der Waals surface area contributed by atoms with Crippen LogP contribution in [-0.4, -0.2) is 24.1 Å². The molecule has 0 aliphatic heterocycles. The van der Waals surface area contributed by atoms with Crippen LogP contribution in [-0.2, 0) is 6.61 Å². The normalized spacial score (nSPS) is 10.7. The summed E-state index contributed by atoms with van der Waals surface area (Å²) < 4.78 is 16.9. The van der Waals surface area contributed by atoms with Crippen LogP contribution in [0, 0.1) is 0 Å². The van der Waals surface area contributed by atoms with Gasteiger partial charge in [0.1, 0.15) is 23.9 Å². The average Bonchev–Trinajstić information content (AvgIpc) is 3.06. The summed E-state index contributed by atoms with van der Waals surface area (Å²) >= 11 is 5.92. The lowest BCUT2D eigenvalue weighted by Gasteiger charge is -2.11. The number of benzene rings is 5. The van der Waals surface area contributed by atoms with Crippen molar-refractivity contribution in [1.29, 1.82) is 0 Å². The zero-order valence-electron chi connectivity index (χ0n) is 23.2. The Morgan fingerprint density at radius 1 is 0.659 bits per heavy atom. The summed E-state index contributed by atoms with van der Waals surface area (Å²) in [6, 6.07) is 35.4. The Balaban J connectivity index is 1.26. The Bertz CT molecular complexity index is 1770. The van der Waals surface area contributed by atoms with E-state index < -0.39 is 17.8 Å². The molecule has 0 radical (unpaired) electrons. The van der Waals surface area contributed by atoms with Gasteiger partial charge in [0.2, 0.25) is 0 Å². The van der Waals surface area contributed by atoms with Crippen molar-refractivity contribution in [2.45, 2.75) is 6.61 Å². The fraction of sp³-hybridized carbons (Fsp3) is 0.0286. The molecular weight excluding hydrogens is 580 g/mol. The monoisotopic (exact) mass is 604 g/mol. The molecule has 44 heavy (non-hydrogen) atoms. The lowest BCUT2D eigenvalue weighted by atomic mass is 10.2. The van der Waals surface area contributed by atoms with E-state index in [0.717, 1.165) is 5.56 Å². The number of carbonyl (C=O) groups excluding carboxylic acids is 3. The van der Waals surface area contributed by atoms with E-state index in [1.807, 2.05) is 12.1 Å². The summed E-state index contributed by atoms with van der Waals surface area (Å²) in [5.74, 6) is -0.804. The largest absolute Gasteiger partial charge is 0.489 e. The lowest BCUT2D eigenvalue weighted by Crippen LogP contribution is -2.17. The third kappa shape index (κ3) is 8.18. The molecule has 0 unspecified atom stereocenters. The van der Waals surface area contributed by atoms with Crippen LogP contribution in [0.4, 0.5) is 0 Å². The third-order valence-electron chi connectivity index (χ3n) is 6.22. The van der Waals surface area contributed by atoms with Gasteiger partial charge in [0.15, 0.2) is 0 Å². The van der Waals surface area contributed by atoms with Crippen LogP contribution in [0.2, 0.25) is 5.02 Å². The van der Waals surface area contributed by atoms with Gasteiger partial charge in [-0.05, 0) is 78.4 Å². The van der Waals surface area contributed by atoms with E-state index in [2.05, 4.69) is 10.5 Å². The van der Waals surface area contributed by atoms with Gasteiger partial charge in [0.25, 0.3) is 5.91 Å². The van der Waals surface area contributed by atoms with E-state index in [0.29, 0.717) is 39.6 Å². The fourth-order valence-corrected chi connectivity index (χ4v) is 4.05. The Kier molecular flexibility index (Phi) is 9.76. The van der Waals surface area contributed by atoms with E-state index in [-0.39, 0.29) is 11.5 Å². The van der Waals surface area contributed by atoms with Crippen molar-refractivity contribution >= 4 is 35.7 Å². The number of hydrazone groups is 1. The van der Waals surface area contributed by atoms with Crippen molar-refractivity contribution in [1.82, 2.24) is 5.43 Å². The number of nitrogens with zero attached hydrogens (tertiary/aromatic N) is 1. The van der Waals surface area contributed by atoms with Crippen molar-refractivity contribution in [2.24, 2.45) is 5.10 Å². The summed E-state index contributed by atoms with van der Waals surface area (Å²) in [5.41, 5.74) is 4.84. The third-order valence-corrected chi connectivity index (χ3v) is 6.47. The van der Waals surface area contributed by atoms with Crippen molar-refractivity contribution in [3.63, 3.8) is 0 Å². The molecule has 0 saturated heterocycles. The Hall–Kier alpha value is -5.73. The highest BCUT2D eigenvalue weighted by atomic mass is 35.5. The van der Waals surface area contributed by atoms with E-state index in [1.165, 1.54) is 18.3 Å². The number of hydrogen-bond donors (Lipinski definition) is 1. The van der Waals surface area contributed by atoms with Crippen molar-refractivity contribution in [3.05, 3.63) is 160 Å². The van der Waals surface area contributed by atoms with Crippen LogP contribution < -0.4 is 19.6 Å². The number of amides is 1. The number of nitrogens with one attached hydrogen (secondary N) is 1. The summed E-state index contributed by atoms with van der Waals surface area (Å²) in [6.07, 6.45) is 1.33. The van der Waals surface area contributed by atoms with Crippen molar-refractivity contribution in [2.75, 3.05) is 0 Å². The molecule has 0 atom stereocenters. The molecule has 9 heteroatoms.